The molecular weight excluding hydrogens is 321 g/mol. The summed E-state index contributed by atoms with van der Waals surface area (Å²) in [6.07, 6.45) is 6.28. The molecule has 25 heavy (non-hydrogen) atoms. The highest BCUT2D eigenvalue weighted by molar-refractivity contribution is 5.82. The van der Waals surface area contributed by atoms with Crippen molar-refractivity contribution in [3.8, 4) is 0 Å². The van der Waals surface area contributed by atoms with Gasteiger partial charge in [-0.1, -0.05) is 12.1 Å². The normalized spacial score (nSPS) is 17.4. The average Bonchev–Trinajstić information content (AvgIpc) is 3.16. The van der Waals surface area contributed by atoms with Gasteiger partial charge in [-0.15, -0.1) is 0 Å². The van der Waals surface area contributed by atoms with E-state index in [1.54, 1.807) is 24.7 Å². The average molecular weight is 345 g/mol. The SMILES string of the molecule is O=C([C@H]1CNCCN1)N(CCCn1ccnc1)Cc1ccc(F)cc1. The number of nitrogens with zero attached hydrogens (tertiary/aromatic N) is 3. The molecule has 134 valence electrons. The molecule has 0 saturated carbocycles. The van der Waals surface area contributed by atoms with Gasteiger partial charge in [0.25, 0.3) is 0 Å². The summed E-state index contributed by atoms with van der Waals surface area (Å²) in [5.74, 6) is -0.179. The van der Waals surface area contributed by atoms with Gasteiger partial charge in [0.1, 0.15) is 5.82 Å². The maximum Gasteiger partial charge on any atom is 0.241 e. The number of benzene rings is 1. The van der Waals surface area contributed by atoms with E-state index in [1.807, 2.05) is 15.7 Å². The molecule has 3 rings (SSSR count). The number of imidazole rings is 1. The standard InChI is InChI=1S/C18H24FN5O/c19-16-4-2-15(3-5-16)13-24(10-1-9-23-11-8-21-14-23)18(25)17-12-20-6-7-22-17/h2-5,8,11,14,17,20,22H,1,6-7,9-10,12-13H2/t17-/m1/s1. The molecule has 2 aromatic rings. The molecule has 0 radical (unpaired) electrons. The van der Waals surface area contributed by atoms with Crippen LogP contribution in [0.5, 0.6) is 0 Å². The summed E-state index contributed by atoms with van der Waals surface area (Å²) in [5, 5.41) is 6.52. The fraction of sp³-hybridized carbons (Fsp3) is 0.444. The topological polar surface area (TPSA) is 62.2 Å². The molecule has 1 aromatic carbocycles. The zero-order valence-corrected chi connectivity index (χ0v) is 14.2. The second-order valence-corrected chi connectivity index (χ2v) is 6.25. The molecular formula is C18H24FN5O. The van der Waals surface area contributed by atoms with Crippen molar-refractivity contribution in [1.29, 1.82) is 0 Å². The highest BCUT2D eigenvalue weighted by Crippen LogP contribution is 2.10. The van der Waals surface area contributed by atoms with Crippen molar-refractivity contribution in [3.63, 3.8) is 0 Å². The number of hydrogen-bond donors (Lipinski definition) is 2. The minimum atomic E-state index is -0.264. The van der Waals surface area contributed by atoms with E-state index in [1.165, 1.54) is 12.1 Å². The predicted octanol–water partition coefficient (Wildman–Crippen LogP) is 1.00. The van der Waals surface area contributed by atoms with E-state index < -0.39 is 0 Å². The van der Waals surface area contributed by atoms with Crippen molar-refractivity contribution in [2.75, 3.05) is 26.2 Å². The van der Waals surface area contributed by atoms with E-state index in [0.717, 1.165) is 31.6 Å². The van der Waals surface area contributed by atoms with Gasteiger partial charge in [-0.05, 0) is 24.1 Å². The summed E-state index contributed by atoms with van der Waals surface area (Å²) >= 11 is 0. The van der Waals surface area contributed by atoms with Crippen LogP contribution in [0.15, 0.2) is 43.0 Å². The number of aromatic nitrogens is 2. The van der Waals surface area contributed by atoms with E-state index in [-0.39, 0.29) is 17.8 Å². The number of amides is 1. The predicted molar refractivity (Wildman–Crippen MR) is 93.3 cm³/mol. The lowest BCUT2D eigenvalue weighted by molar-refractivity contribution is -0.134. The molecule has 1 atom stereocenters. The number of hydrogen-bond acceptors (Lipinski definition) is 4. The van der Waals surface area contributed by atoms with Gasteiger partial charge in [-0.2, -0.15) is 0 Å². The molecule has 0 unspecified atom stereocenters. The van der Waals surface area contributed by atoms with Crippen LogP contribution in [0, 0.1) is 5.82 Å². The molecule has 1 saturated heterocycles. The van der Waals surface area contributed by atoms with Gasteiger partial charge in [-0.25, -0.2) is 9.37 Å². The molecule has 0 aliphatic carbocycles. The maximum atomic E-state index is 13.1. The smallest absolute Gasteiger partial charge is 0.241 e. The molecule has 1 aliphatic rings. The lowest BCUT2D eigenvalue weighted by Crippen LogP contribution is -2.56. The summed E-state index contributed by atoms with van der Waals surface area (Å²) in [4.78, 5) is 18.8. The number of carbonyl (C=O) groups excluding carboxylic acids is 1. The maximum absolute atomic E-state index is 13.1. The highest BCUT2D eigenvalue weighted by atomic mass is 19.1. The number of nitrogens with one attached hydrogen (secondary N) is 2. The van der Waals surface area contributed by atoms with Crippen LogP contribution in [0.25, 0.3) is 0 Å². The van der Waals surface area contributed by atoms with E-state index in [4.69, 9.17) is 0 Å². The number of carbonyl (C=O) groups is 1. The Kier molecular flexibility index (Phi) is 6.14. The van der Waals surface area contributed by atoms with Gasteiger partial charge < -0.3 is 20.1 Å². The molecule has 0 bridgehead atoms. The Morgan fingerprint density at radius 3 is 2.84 bits per heavy atom. The number of halogens is 1. The Labute approximate surface area is 147 Å². The Morgan fingerprint density at radius 2 is 2.16 bits per heavy atom. The molecule has 0 spiro atoms. The minimum absolute atomic E-state index is 0.0853. The third-order valence-corrected chi connectivity index (χ3v) is 4.34. The first-order chi connectivity index (χ1) is 12.2. The summed E-state index contributed by atoms with van der Waals surface area (Å²) in [7, 11) is 0. The molecule has 2 N–H and O–H groups in total. The fourth-order valence-corrected chi connectivity index (χ4v) is 2.99. The quantitative estimate of drug-likeness (QED) is 0.786. The zero-order valence-electron chi connectivity index (χ0n) is 14.2. The van der Waals surface area contributed by atoms with Crippen LogP contribution < -0.4 is 10.6 Å². The summed E-state index contributed by atoms with van der Waals surface area (Å²) in [6, 6.07) is 6.13. The summed E-state index contributed by atoms with van der Waals surface area (Å²) in [6.45, 7) is 4.25. The van der Waals surface area contributed by atoms with Crippen LogP contribution in [0.3, 0.4) is 0 Å². The molecule has 1 fully saturated rings. The molecule has 2 heterocycles. The lowest BCUT2D eigenvalue weighted by atomic mass is 10.1. The largest absolute Gasteiger partial charge is 0.337 e. The summed E-state index contributed by atoms with van der Waals surface area (Å²) in [5.41, 5.74) is 0.932. The van der Waals surface area contributed by atoms with E-state index >= 15 is 0 Å². The molecule has 6 nitrogen and oxygen atoms in total. The highest BCUT2D eigenvalue weighted by Gasteiger charge is 2.25. The first kappa shape index (κ1) is 17.6. The molecule has 1 aromatic heterocycles. The van der Waals surface area contributed by atoms with Crippen molar-refractivity contribution < 1.29 is 9.18 Å². The first-order valence-corrected chi connectivity index (χ1v) is 8.65. The van der Waals surface area contributed by atoms with Gasteiger partial charge in [0.05, 0.1) is 12.4 Å². The van der Waals surface area contributed by atoms with Gasteiger partial charge in [-0.3, -0.25) is 4.79 Å². The van der Waals surface area contributed by atoms with Crippen molar-refractivity contribution in [1.82, 2.24) is 25.1 Å². The fourth-order valence-electron chi connectivity index (χ4n) is 2.99. The third kappa shape index (κ3) is 5.11. The van der Waals surface area contributed by atoms with Crippen molar-refractivity contribution >= 4 is 5.91 Å². The Hall–Kier alpha value is -2.25. The zero-order chi connectivity index (χ0) is 17.5. The van der Waals surface area contributed by atoms with Crippen LogP contribution in [0.1, 0.15) is 12.0 Å². The Balaban J connectivity index is 1.63. The van der Waals surface area contributed by atoms with E-state index in [2.05, 4.69) is 15.6 Å². The second-order valence-electron chi connectivity index (χ2n) is 6.25. The monoisotopic (exact) mass is 345 g/mol. The van der Waals surface area contributed by atoms with Crippen LogP contribution in [-0.2, 0) is 17.9 Å². The molecule has 1 aliphatic heterocycles. The van der Waals surface area contributed by atoms with Gasteiger partial charge in [0.15, 0.2) is 0 Å². The van der Waals surface area contributed by atoms with Crippen LogP contribution in [0.2, 0.25) is 0 Å². The van der Waals surface area contributed by atoms with Crippen molar-refractivity contribution in [2.45, 2.75) is 25.6 Å². The molecule has 7 heteroatoms. The Bertz CT molecular complexity index is 653. The van der Waals surface area contributed by atoms with Gasteiger partial charge >= 0.3 is 0 Å². The van der Waals surface area contributed by atoms with Crippen LogP contribution in [0.4, 0.5) is 4.39 Å². The number of aryl methyl sites for hydroxylation is 1. The third-order valence-electron chi connectivity index (χ3n) is 4.34. The second kappa shape index (κ2) is 8.73. The van der Waals surface area contributed by atoms with Crippen molar-refractivity contribution in [2.24, 2.45) is 0 Å². The number of piperazine rings is 1. The lowest BCUT2D eigenvalue weighted by Gasteiger charge is -2.30. The first-order valence-electron chi connectivity index (χ1n) is 8.65. The summed E-state index contributed by atoms with van der Waals surface area (Å²) < 4.78 is 15.1. The van der Waals surface area contributed by atoms with Gasteiger partial charge in [0.2, 0.25) is 5.91 Å². The van der Waals surface area contributed by atoms with E-state index in [9.17, 15) is 9.18 Å². The van der Waals surface area contributed by atoms with Crippen LogP contribution in [-0.4, -0.2) is 52.6 Å². The number of rotatable bonds is 7. The molecule has 1 amide bonds. The minimum Gasteiger partial charge on any atom is -0.337 e. The van der Waals surface area contributed by atoms with Gasteiger partial charge in [0, 0.05) is 51.7 Å². The van der Waals surface area contributed by atoms with E-state index in [0.29, 0.717) is 19.6 Å². The Morgan fingerprint density at radius 1 is 1.32 bits per heavy atom. The van der Waals surface area contributed by atoms with Crippen molar-refractivity contribution in [3.05, 3.63) is 54.4 Å². The van der Waals surface area contributed by atoms with Crippen LogP contribution >= 0.6 is 0 Å².